The summed E-state index contributed by atoms with van der Waals surface area (Å²) in [6, 6.07) is 6.45. The third-order valence-corrected chi connectivity index (χ3v) is 2.86. The second kappa shape index (κ2) is 4.91. The van der Waals surface area contributed by atoms with E-state index in [1.54, 1.807) is 6.07 Å². The summed E-state index contributed by atoms with van der Waals surface area (Å²) in [4.78, 5) is 0. The van der Waals surface area contributed by atoms with Crippen molar-refractivity contribution in [3.63, 3.8) is 0 Å². The first-order chi connectivity index (χ1) is 7.74. The molecule has 1 saturated heterocycles. The zero-order chi connectivity index (χ0) is 11.4. The standard InChI is InChI=1S/C12H16FNO2/c13-11-3-1-2-10(6-11)7-12(8-15)9-16-5-4-14-12/h1-3,6,14-15H,4-5,7-9H2. The molecule has 1 unspecified atom stereocenters. The van der Waals surface area contributed by atoms with Crippen LogP contribution in [0.25, 0.3) is 0 Å². The summed E-state index contributed by atoms with van der Waals surface area (Å²) in [5.74, 6) is -0.248. The highest BCUT2D eigenvalue weighted by Gasteiger charge is 2.32. The minimum atomic E-state index is -0.466. The van der Waals surface area contributed by atoms with Crippen LogP contribution in [0, 0.1) is 5.82 Å². The van der Waals surface area contributed by atoms with E-state index in [0.29, 0.717) is 19.6 Å². The molecule has 1 aromatic carbocycles. The minimum Gasteiger partial charge on any atom is -0.394 e. The minimum absolute atomic E-state index is 0.0104. The van der Waals surface area contributed by atoms with Crippen LogP contribution in [0.2, 0.25) is 0 Å². The van der Waals surface area contributed by atoms with Crippen molar-refractivity contribution in [2.45, 2.75) is 12.0 Å². The molecule has 1 fully saturated rings. The molecular weight excluding hydrogens is 209 g/mol. The van der Waals surface area contributed by atoms with Crippen LogP contribution < -0.4 is 5.32 Å². The zero-order valence-electron chi connectivity index (χ0n) is 9.08. The molecule has 0 amide bonds. The largest absolute Gasteiger partial charge is 0.394 e. The lowest BCUT2D eigenvalue weighted by molar-refractivity contribution is -0.000745. The number of hydrogen-bond donors (Lipinski definition) is 2. The van der Waals surface area contributed by atoms with E-state index in [1.807, 2.05) is 6.07 Å². The van der Waals surface area contributed by atoms with Crippen molar-refractivity contribution in [1.29, 1.82) is 0 Å². The summed E-state index contributed by atoms with van der Waals surface area (Å²) in [6.07, 6.45) is 0.571. The summed E-state index contributed by atoms with van der Waals surface area (Å²) in [7, 11) is 0. The van der Waals surface area contributed by atoms with Crippen LogP contribution in [0.4, 0.5) is 4.39 Å². The summed E-state index contributed by atoms with van der Waals surface area (Å²) < 4.78 is 18.4. The Bertz CT molecular complexity index is 351. The van der Waals surface area contributed by atoms with Gasteiger partial charge >= 0.3 is 0 Å². The summed E-state index contributed by atoms with van der Waals surface area (Å²) >= 11 is 0. The first-order valence-corrected chi connectivity index (χ1v) is 5.42. The molecular formula is C12H16FNO2. The lowest BCUT2D eigenvalue weighted by atomic mass is 9.91. The van der Waals surface area contributed by atoms with Gasteiger partial charge < -0.3 is 15.2 Å². The Balaban J connectivity index is 2.11. The maximum Gasteiger partial charge on any atom is 0.123 e. The molecule has 0 aliphatic carbocycles. The maximum atomic E-state index is 13.0. The normalized spacial score (nSPS) is 25.6. The third-order valence-electron chi connectivity index (χ3n) is 2.86. The average Bonchev–Trinajstić information content (AvgIpc) is 2.30. The molecule has 2 N–H and O–H groups in total. The van der Waals surface area contributed by atoms with Crippen LogP contribution in [0.15, 0.2) is 24.3 Å². The summed E-state index contributed by atoms with van der Waals surface area (Å²) in [5, 5.41) is 12.7. The predicted octanol–water partition coefficient (Wildman–Crippen LogP) is 0.719. The van der Waals surface area contributed by atoms with E-state index in [9.17, 15) is 9.50 Å². The van der Waals surface area contributed by atoms with Crippen LogP contribution >= 0.6 is 0 Å². The van der Waals surface area contributed by atoms with Crippen LogP contribution in [0.1, 0.15) is 5.56 Å². The molecule has 1 aliphatic heterocycles. The van der Waals surface area contributed by atoms with Gasteiger partial charge in [0.05, 0.1) is 25.4 Å². The number of nitrogens with one attached hydrogen (secondary N) is 1. The summed E-state index contributed by atoms with van der Waals surface area (Å²) in [6.45, 7) is 1.82. The lowest BCUT2D eigenvalue weighted by Gasteiger charge is -2.36. The molecule has 1 heterocycles. The van der Waals surface area contributed by atoms with Gasteiger partial charge in [-0.05, 0) is 24.1 Å². The molecule has 1 atom stereocenters. The van der Waals surface area contributed by atoms with E-state index in [2.05, 4.69) is 5.32 Å². The van der Waals surface area contributed by atoms with Gasteiger partial charge in [0, 0.05) is 6.54 Å². The van der Waals surface area contributed by atoms with E-state index in [-0.39, 0.29) is 12.4 Å². The molecule has 0 spiro atoms. The summed E-state index contributed by atoms with van der Waals surface area (Å²) in [5.41, 5.74) is 0.401. The van der Waals surface area contributed by atoms with Crippen molar-refractivity contribution in [3.8, 4) is 0 Å². The van der Waals surface area contributed by atoms with Gasteiger partial charge in [0.15, 0.2) is 0 Å². The Labute approximate surface area is 94.2 Å². The van der Waals surface area contributed by atoms with Gasteiger partial charge in [0.2, 0.25) is 0 Å². The SMILES string of the molecule is OCC1(Cc2cccc(F)c2)COCCN1. The van der Waals surface area contributed by atoms with E-state index >= 15 is 0 Å². The molecule has 4 heteroatoms. The number of aliphatic hydroxyl groups is 1. The van der Waals surface area contributed by atoms with Gasteiger partial charge in [0.1, 0.15) is 5.82 Å². The highest BCUT2D eigenvalue weighted by molar-refractivity contribution is 5.19. The molecule has 16 heavy (non-hydrogen) atoms. The number of benzene rings is 1. The fourth-order valence-electron chi connectivity index (χ4n) is 2.02. The lowest BCUT2D eigenvalue weighted by Crippen LogP contribution is -2.58. The van der Waals surface area contributed by atoms with Crippen LogP contribution in [-0.2, 0) is 11.2 Å². The van der Waals surface area contributed by atoms with Crippen molar-refractivity contribution in [3.05, 3.63) is 35.6 Å². The molecule has 0 bridgehead atoms. The van der Waals surface area contributed by atoms with Gasteiger partial charge in [0.25, 0.3) is 0 Å². The van der Waals surface area contributed by atoms with Crippen LogP contribution in [-0.4, -0.2) is 37.0 Å². The molecule has 1 aromatic rings. The molecule has 1 aliphatic rings. The number of rotatable bonds is 3. The topological polar surface area (TPSA) is 41.5 Å². The van der Waals surface area contributed by atoms with Gasteiger partial charge in [-0.15, -0.1) is 0 Å². The van der Waals surface area contributed by atoms with E-state index in [1.165, 1.54) is 12.1 Å². The Hall–Kier alpha value is -0.970. The number of halogens is 1. The second-order valence-corrected chi connectivity index (χ2v) is 4.22. The second-order valence-electron chi connectivity index (χ2n) is 4.22. The highest BCUT2D eigenvalue weighted by Crippen LogP contribution is 2.17. The molecule has 88 valence electrons. The van der Waals surface area contributed by atoms with Crippen molar-refractivity contribution < 1.29 is 14.2 Å². The average molecular weight is 225 g/mol. The van der Waals surface area contributed by atoms with Gasteiger partial charge in [-0.1, -0.05) is 12.1 Å². The number of hydrogen-bond acceptors (Lipinski definition) is 3. The fourth-order valence-corrected chi connectivity index (χ4v) is 2.02. The number of ether oxygens (including phenoxy) is 1. The van der Waals surface area contributed by atoms with Crippen molar-refractivity contribution in [2.24, 2.45) is 0 Å². The quantitative estimate of drug-likeness (QED) is 0.796. The smallest absolute Gasteiger partial charge is 0.123 e. The Morgan fingerprint density at radius 1 is 1.50 bits per heavy atom. The molecule has 3 nitrogen and oxygen atoms in total. The Morgan fingerprint density at radius 2 is 2.38 bits per heavy atom. The number of morpholine rings is 1. The monoisotopic (exact) mass is 225 g/mol. The fraction of sp³-hybridized carbons (Fsp3) is 0.500. The zero-order valence-corrected chi connectivity index (χ0v) is 9.08. The first-order valence-electron chi connectivity index (χ1n) is 5.42. The predicted molar refractivity (Wildman–Crippen MR) is 58.7 cm³/mol. The van der Waals surface area contributed by atoms with E-state index in [0.717, 1.165) is 12.1 Å². The maximum absolute atomic E-state index is 13.0. The van der Waals surface area contributed by atoms with Gasteiger partial charge in [-0.25, -0.2) is 4.39 Å². The van der Waals surface area contributed by atoms with Crippen molar-refractivity contribution in [1.82, 2.24) is 5.32 Å². The van der Waals surface area contributed by atoms with Crippen molar-refractivity contribution in [2.75, 3.05) is 26.4 Å². The van der Waals surface area contributed by atoms with E-state index in [4.69, 9.17) is 4.74 Å². The molecule has 0 aromatic heterocycles. The van der Waals surface area contributed by atoms with Gasteiger partial charge in [-0.2, -0.15) is 0 Å². The Kier molecular flexibility index (Phi) is 3.53. The van der Waals surface area contributed by atoms with Crippen LogP contribution in [0.5, 0.6) is 0 Å². The van der Waals surface area contributed by atoms with Crippen LogP contribution in [0.3, 0.4) is 0 Å². The molecule has 0 radical (unpaired) electrons. The third kappa shape index (κ3) is 2.58. The Morgan fingerprint density at radius 3 is 3.00 bits per heavy atom. The number of aliphatic hydroxyl groups excluding tert-OH is 1. The molecule has 0 saturated carbocycles. The van der Waals surface area contributed by atoms with E-state index < -0.39 is 5.54 Å². The first kappa shape index (κ1) is 11.5. The highest BCUT2D eigenvalue weighted by atomic mass is 19.1. The molecule has 2 rings (SSSR count). The van der Waals surface area contributed by atoms with Crippen molar-refractivity contribution >= 4 is 0 Å². The van der Waals surface area contributed by atoms with Gasteiger partial charge in [-0.3, -0.25) is 0 Å².